The van der Waals surface area contributed by atoms with Crippen molar-refractivity contribution in [2.75, 3.05) is 18.4 Å². The minimum absolute atomic E-state index is 0.0528. The number of amides is 1. The lowest BCUT2D eigenvalue weighted by Crippen LogP contribution is -2.34. The van der Waals surface area contributed by atoms with Crippen molar-refractivity contribution in [1.82, 2.24) is 14.7 Å². The van der Waals surface area contributed by atoms with Crippen molar-refractivity contribution >= 4 is 34.8 Å². The largest absolute Gasteiger partial charge is 0.444 e. The molecule has 176 valence electrons. The fourth-order valence-corrected chi connectivity index (χ4v) is 3.62. The SMILES string of the molecule is CCc1nc2ccc(Cl)cn2c1C(=O)CCc1ccc(NCCNC(=O)OC(C)(C)C)cc1. The number of benzene rings is 1. The standard InChI is InChI=1S/C25H31ClN4O3/c1-5-20-23(30-16-18(26)9-13-22(30)29-20)21(31)12-8-17-6-10-19(11-7-17)27-14-15-28-24(32)33-25(2,3)4/h6-7,9-11,13,16,27H,5,8,12,14-15H2,1-4H3,(H,28,32). The van der Waals surface area contributed by atoms with Gasteiger partial charge >= 0.3 is 6.09 Å². The maximum absolute atomic E-state index is 13.0. The fourth-order valence-electron chi connectivity index (χ4n) is 3.46. The van der Waals surface area contributed by atoms with E-state index < -0.39 is 11.7 Å². The van der Waals surface area contributed by atoms with Gasteiger partial charge in [0.1, 0.15) is 16.9 Å². The van der Waals surface area contributed by atoms with E-state index in [1.165, 1.54) is 0 Å². The minimum atomic E-state index is -0.509. The number of rotatable bonds is 9. The molecular weight excluding hydrogens is 440 g/mol. The number of aryl methyl sites for hydroxylation is 2. The van der Waals surface area contributed by atoms with Crippen LogP contribution < -0.4 is 10.6 Å². The Kier molecular flexibility index (Phi) is 7.97. The van der Waals surface area contributed by atoms with Gasteiger partial charge in [0, 0.05) is 31.4 Å². The number of pyridine rings is 1. The van der Waals surface area contributed by atoms with Gasteiger partial charge in [0.15, 0.2) is 5.78 Å². The first kappa shape index (κ1) is 24.6. The van der Waals surface area contributed by atoms with Gasteiger partial charge in [0.05, 0.1) is 10.7 Å². The lowest BCUT2D eigenvalue weighted by molar-refractivity contribution is 0.0530. The molecule has 33 heavy (non-hydrogen) atoms. The van der Waals surface area contributed by atoms with Gasteiger partial charge in [-0.3, -0.25) is 9.20 Å². The summed E-state index contributed by atoms with van der Waals surface area (Å²) in [5, 5.41) is 6.54. The van der Waals surface area contributed by atoms with Gasteiger partial charge in [-0.1, -0.05) is 30.7 Å². The molecule has 0 bridgehead atoms. The van der Waals surface area contributed by atoms with E-state index in [2.05, 4.69) is 15.6 Å². The fraction of sp³-hybridized carbons (Fsp3) is 0.400. The highest BCUT2D eigenvalue weighted by Gasteiger charge is 2.18. The zero-order chi connectivity index (χ0) is 24.0. The van der Waals surface area contributed by atoms with Crippen LogP contribution in [0, 0.1) is 0 Å². The number of ketones is 1. The Bertz CT molecular complexity index is 1120. The number of ether oxygens (including phenoxy) is 1. The number of hydrogen-bond acceptors (Lipinski definition) is 5. The molecule has 8 heteroatoms. The van der Waals surface area contributed by atoms with Crippen molar-refractivity contribution in [3.05, 3.63) is 64.6 Å². The third kappa shape index (κ3) is 6.96. The first-order chi connectivity index (χ1) is 15.7. The number of imidazole rings is 1. The van der Waals surface area contributed by atoms with Crippen molar-refractivity contribution in [3.8, 4) is 0 Å². The number of nitrogens with one attached hydrogen (secondary N) is 2. The second-order valence-corrected chi connectivity index (χ2v) is 9.25. The lowest BCUT2D eigenvalue weighted by Gasteiger charge is -2.19. The molecule has 0 fully saturated rings. The number of hydrogen-bond donors (Lipinski definition) is 2. The van der Waals surface area contributed by atoms with Gasteiger partial charge in [-0.05, 0) is 63.4 Å². The summed E-state index contributed by atoms with van der Waals surface area (Å²) in [6.07, 6.45) is 3.03. The Labute approximate surface area is 199 Å². The van der Waals surface area contributed by atoms with E-state index in [1.54, 1.807) is 16.7 Å². The van der Waals surface area contributed by atoms with Gasteiger partial charge in [-0.2, -0.15) is 0 Å². The molecule has 0 atom stereocenters. The molecule has 0 radical (unpaired) electrons. The molecule has 7 nitrogen and oxygen atoms in total. The van der Waals surface area contributed by atoms with E-state index in [1.807, 2.05) is 58.0 Å². The number of aromatic nitrogens is 2. The topological polar surface area (TPSA) is 84.7 Å². The molecule has 0 unspecified atom stereocenters. The van der Waals surface area contributed by atoms with E-state index in [-0.39, 0.29) is 5.78 Å². The number of nitrogens with zero attached hydrogens (tertiary/aromatic N) is 2. The van der Waals surface area contributed by atoms with Gasteiger partial charge in [0.25, 0.3) is 0 Å². The van der Waals surface area contributed by atoms with Gasteiger partial charge in [-0.15, -0.1) is 0 Å². The van der Waals surface area contributed by atoms with E-state index in [9.17, 15) is 9.59 Å². The van der Waals surface area contributed by atoms with Crippen LogP contribution in [0.3, 0.4) is 0 Å². The van der Waals surface area contributed by atoms with E-state index >= 15 is 0 Å². The monoisotopic (exact) mass is 470 g/mol. The maximum atomic E-state index is 13.0. The lowest BCUT2D eigenvalue weighted by atomic mass is 10.0. The van der Waals surface area contributed by atoms with Gasteiger partial charge < -0.3 is 15.4 Å². The average Bonchev–Trinajstić information content (AvgIpc) is 3.12. The van der Waals surface area contributed by atoms with E-state index in [0.717, 1.165) is 22.6 Å². The highest BCUT2D eigenvalue weighted by Crippen LogP contribution is 2.20. The Balaban J connectivity index is 1.51. The molecule has 0 saturated heterocycles. The molecule has 3 aromatic rings. The smallest absolute Gasteiger partial charge is 0.407 e. The summed E-state index contributed by atoms with van der Waals surface area (Å²) in [7, 11) is 0. The summed E-state index contributed by atoms with van der Waals surface area (Å²) >= 11 is 6.13. The molecule has 2 heterocycles. The van der Waals surface area contributed by atoms with Crippen LogP contribution >= 0.6 is 11.6 Å². The van der Waals surface area contributed by atoms with Crippen LogP contribution in [0.25, 0.3) is 5.65 Å². The molecule has 0 spiro atoms. The molecule has 0 aliphatic heterocycles. The van der Waals surface area contributed by atoms with Crippen LogP contribution in [-0.4, -0.2) is 40.0 Å². The Morgan fingerprint density at radius 3 is 2.48 bits per heavy atom. The molecular formula is C25H31ClN4O3. The highest BCUT2D eigenvalue weighted by atomic mass is 35.5. The van der Waals surface area contributed by atoms with Crippen LogP contribution in [0.15, 0.2) is 42.6 Å². The summed E-state index contributed by atoms with van der Waals surface area (Å²) in [5.41, 5.74) is 3.65. The van der Waals surface area contributed by atoms with Crippen LogP contribution in [0.5, 0.6) is 0 Å². The Morgan fingerprint density at radius 1 is 1.09 bits per heavy atom. The summed E-state index contributed by atoms with van der Waals surface area (Å²) in [6, 6.07) is 11.6. The first-order valence-corrected chi connectivity index (χ1v) is 11.5. The Hall–Kier alpha value is -3.06. The van der Waals surface area contributed by atoms with Crippen molar-refractivity contribution in [1.29, 1.82) is 0 Å². The second-order valence-electron chi connectivity index (χ2n) is 8.81. The average molecular weight is 471 g/mol. The molecule has 3 rings (SSSR count). The van der Waals surface area contributed by atoms with Crippen LogP contribution in [-0.2, 0) is 17.6 Å². The molecule has 0 saturated carbocycles. The number of alkyl carbamates (subject to hydrolysis) is 1. The van der Waals surface area contributed by atoms with E-state index in [0.29, 0.717) is 43.1 Å². The zero-order valence-corrected chi connectivity index (χ0v) is 20.3. The second kappa shape index (κ2) is 10.7. The predicted molar refractivity (Wildman–Crippen MR) is 131 cm³/mol. The highest BCUT2D eigenvalue weighted by molar-refractivity contribution is 6.30. The molecule has 1 aromatic carbocycles. The zero-order valence-electron chi connectivity index (χ0n) is 19.6. The van der Waals surface area contributed by atoms with Crippen molar-refractivity contribution < 1.29 is 14.3 Å². The molecule has 0 aliphatic carbocycles. The van der Waals surface area contributed by atoms with Gasteiger partial charge in [0.2, 0.25) is 0 Å². The quantitative estimate of drug-likeness (QED) is 0.327. The molecule has 0 aliphatic rings. The summed E-state index contributed by atoms with van der Waals surface area (Å²) in [6.45, 7) is 8.51. The number of Topliss-reactive ketones (excluding diaryl/α,β-unsaturated/α-hetero) is 1. The normalized spacial score (nSPS) is 11.4. The predicted octanol–water partition coefficient (Wildman–Crippen LogP) is 5.30. The molecule has 2 aromatic heterocycles. The maximum Gasteiger partial charge on any atom is 0.407 e. The first-order valence-electron chi connectivity index (χ1n) is 11.2. The van der Waals surface area contributed by atoms with E-state index in [4.69, 9.17) is 16.3 Å². The molecule has 2 N–H and O–H groups in total. The van der Waals surface area contributed by atoms with Gasteiger partial charge in [-0.25, -0.2) is 9.78 Å². The summed E-state index contributed by atoms with van der Waals surface area (Å²) in [5.74, 6) is 0.0528. The third-order valence-corrected chi connectivity index (χ3v) is 5.19. The summed E-state index contributed by atoms with van der Waals surface area (Å²) < 4.78 is 7.00. The number of carbonyl (C=O) groups is 2. The number of carbonyl (C=O) groups excluding carboxylic acids is 2. The number of fused-ring (bicyclic) bond motifs is 1. The van der Waals surface area contributed by atoms with Crippen molar-refractivity contribution in [2.45, 2.75) is 52.6 Å². The van der Waals surface area contributed by atoms with Crippen molar-refractivity contribution in [2.24, 2.45) is 0 Å². The number of halogens is 1. The summed E-state index contributed by atoms with van der Waals surface area (Å²) in [4.78, 5) is 29.2. The van der Waals surface area contributed by atoms with Crippen LogP contribution in [0.4, 0.5) is 10.5 Å². The minimum Gasteiger partial charge on any atom is -0.444 e. The van der Waals surface area contributed by atoms with Crippen LogP contribution in [0.2, 0.25) is 5.02 Å². The number of anilines is 1. The van der Waals surface area contributed by atoms with Crippen LogP contribution in [0.1, 0.15) is 55.9 Å². The third-order valence-electron chi connectivity index (χ3n) is 4.97. The Morgan fingerprint density at radius 2 is 1.82 bits per heavy atom. The van der Waals surface area contributed by atoms with Crippen molar-refractivity contribution in [3.63, 3.8) is 0 Å². The molecule has 1 amide bonds.